The monoisotopic (exact) mass is 442 g/mol. The van der Waals surface area contributed by atoms with E-state index in [0.717, 1.165) is 5.56 Å². The van der Waals surface area contributed by atoms with Crippen LogP contribution in [0.2, 0.25) is 5.02 Å². The topological polar surface area (TPSA) is 83.6 Å². The van der Waals surface area contributed by atoms with Crippen LogP contribution in [0.1, 0.15) is 30.9 Å². The van der Waals surface area contributed by atoms with Crippen molar-refractivity contribution in [3.63, 3.8) is 0 Å². The van der Waals surface area contributed by atoms with E-state index in [1.54, 1.807) is 37.3 Å². The molecule has 1 heterocycles. The molecule has 2 aromatic rings. The van der Waals surface area contributed by atoms with Gasteiger partial charge in [0.05, 0.1) is 16.3 Å². The Bertz CT molecular complexity index is 1100. The van der Waals surface area contributed by atoms with E-state index in [1.807, 2.05) is 6.92 Å². The quantitative estimate of drug-likeness (QED) is 0.734. The molecule has 1 aliphatic rings. The van der Waals surface area contributed by atoms with Gasteiger partial charge in [-0.2, -0.15) is 0 Å². The molecule has 0 saturated carbocycles. The lowest BCUT2D eigenvalue weighted by Crippen LogP contribution is -2.37. The predicted molar refractivity (Wildman–Crippen MR) is 113 cm³/mol. The Morgan fingerprint density at radius 2 is 1.86 bits per heavy atom. The number of sulfonamides is 2. The van der Waals surface area contributed by atoms with Crippen LogP contribution >= 0.6 is 11.6 Å². The molecule has 28 heavy (non-hydrogen) atoms. The lowest BCUT2D eigenvalue weighted by molar-refractivity contribution is 0.585. The highest BCUT2D eigenvalue weighted by molar-refractivity contribution is 7.93. The Labute approximate surface area is 171 Å². The smallest absolute Gasteiger partial charge is 0.262 e. The van der Waals surface area contributed by atoms with Crippen molar-refractivity contribution >= 4 is 43.0 Å². The standard InChI is InChI=1S/C19H23ClN2O4S2/c1-3-11-27(23,24)22-10-4-5-15-12-17(8-9-18(15)22)21-28(25,26)19-13-16(20)7-6-14(19)2/h6-9,12-13,21H,3-5,10-11H2,1-2H3. The van der Waals surface area contributed by atoms with E-state index in [2.05, 4.69) is 4.72 Å². The summed E-state index contributed by atoms with van der Waals surface area (Å²) in [7, 11) is -7.18. The molecule has 0 saturated heterocycles. The number of hydrogen-bond acceptors (Lipinski definition) is 4. The number of halogens is 1. The predicted octanol–water partition coefficient (Wildman–Crippen LogP) is 3.94. The van der Waals surface area contributed by atoms with E-state index in [9.17, 15) is 16.8 Å². The minimum Gasteiger partial charge on any atom is -0.280 e. The third kappa shape index (κ3) is 4.29. The van der Waals surface area contributed by atoms with Crippen LogP contribution in [0.3, 0.4) is 0 Å². The lowest BCUT2D eigenvalue weighted by atomic mass is 10.0. The molecule has 0 bridgehead atoms. The van der Waals surface area contributed by atoms with Crippen molar-refractivity contribution in [1.29, 1.82) is 0 Å². The summed E-state index contributed by atoms with van der Waals surface area (Å²) in [4.78, 5) is 0.116. The molecule has 0 aromatic heterocycles. The van der Waals surface area contributed by atoms with Gasteiger partial charge >= 0.3 is 0 Å². The number of fused-ring (bicyclic) bond motifs is 1. The van der Waals surface area contributed by atoms with Crippen LogP contribution in [-0.4, -0.2) is 29.1 Å². The van der Waals surface area contributed by atoms with E-state index >= 15 is 0 Å². The third-order valence-electron chi connectivity index (χ3n) is 4.65. The summed E-state index contributed by atoms with van der Waals surface area (Å²) in [5.74, 6) is 0.0921. The van der Waals surface area contributed by atoms with Gasteiger partial charge in [-0.3, -0.25) is 9.03 Å². The molecule has 152 valence electrons. The highest BCUT2D eigenvalue weighted by atomic mass is 35.5. The molecule has 0 unspecified atom stereocenters. The van der Waals surface area contributed by atoms with Crippen molar-refractivity contribution in [2.24, 2.45) is 0 Å². The fraction of sp³-hybridized carbons (Fsp3) is 0.368. The van der Waals surface area contributed by atoms with Crippen LogP contribution in [0.5, 0.6) is 0 Å². The molecular weight excluding hydrogens is 420 g/mol. The fourth-order valence-electron chi connectivity index (χ4n) is 3.36. The minimum absolute atomic E-state index is 0.0921. The first-order valence-electron chi connectivity index (χ1n) is 9.06. The molecule has 1 aliphatic heterocycles. The fourth-order valence-corrected chi connectivity index (χ4v) is 6.54. The molecule has 0 fully saturated rings. The second-order valence-electron chi connectivity index (χ2n) is 6.85. The largest absolute Gasteiger partial charge is 0.280 e. The number of benzene rings is 2. The second-order valence-corrected chi connectivity index (χ2v) is 11.0. The summed E-state index contributed by atoms with van der Waals surface area (Å²) in [5.41, 5.74) is 2.43. The van der Waals surface area contributed by atoms with Crippen molar-refractivity contribution in [2.45, 2.75) is 38.0 Å². The van der Waals surface area contributed by atoms with Gasteiger partial charge in [-0.15, -0.1) is 0 Å². The summed E-state index contributed by atoms with van der Waals surface area (Å²) >= 11 is 5.95. The maximum absolute atomic E-state index is 12.8. The van der Waals surface area contributed by atoms with Crippen molar-refractivity contribution in [1.82, 2.24) is 0 Å². The average Bonchev–Trinajstić information content (AvgIpc) is 2.62. The highest BCUT2D eigenvalue weighted by Gasteiger charge is 2.27. The lowest BCUT2D eigenvalue weighted by Gasteiger charge is -2.30. The first kappa shape index (κ1) is 21.0. The highest BCUT2D eigenvalue weighted by Crippen LogP contribution is 2.33. The van der Waals surface area contributed by atoms with Crippen LogP contribution < -0.4 is 9.03 Å². The van der Waals surface area contributed by atoms with E-state index in [4.69, 9.17) is 11.6 Å². The van der Waals surface area contributed by atoms with Crippen molar-refractivity contribution < 1.29 is 16.8 Å². The van der Waals surface area contributed by atoms with Gasteiger partial charge in [0.15, 0.2) is 0 Å². The molecular formula is C19H23ClN2O4S2. The molecule has 0 radical (unpaired) electrons. The molecule has 9 heteroatoms. The zero-order valence-corrected chi connectivity index (χ0v) is 18.2. The van der Waals surface area contributed by atoms with Crippen molar-refractivity contribution in [3.8, 4) is 0 Å². The SMILES string of the molecule is CCCS(=O)(=O)N1CCCc2cc(NS(=O)(=O)c3cc(Cl)ccc3C)ccc21. The first-order valence-corrected chi connectivity index (χ1v) is 12.5. The normalized spacial score (nSPS) is 14.6. The van der Waals surface area contributed by atoms with Crippen molar-refractivity contribution in [3.05, 3.63) is 52.5 Å². The molecule has 1 N–H and O–H groups in total. The minimum atomic E-state index is -3.81. The molecule has 6 nitrogen and oxygen atoms in total. The summed E-state index contributed by atoms with van der Waals surface area (Å²) in [6.45, 7) is 3.98. The molecule has 3 rings (SSSR count). The van der Waals surface area contributed by atoms with E-state index in [0.29, 0.717) is 47.8 Å². The first-order chi connectivity index (χ1) is 13.1. The molecule has 0 atom stereocenters. The van der Waals surface area contributed by atoms with Gasteiger partial charge in [-0.25, -0.2) is 16.8 Å². The maximum atomic E-state index is 12.8. The molecule has 0 aliphatic carbocycles. The number of nitrogens with one attached hydrogen (secondary N) is 1. The number of rotatable bonds is 6. The zero-order valence-electron chi connectivity index (χ0n) is 15.8. The Morgan fingerprint density at radius 3 is 2.57 bits per heavy atom. The van der Waals surface area contributed by atoms with Gasteiger partial charge < -0.3 is 0 Å². The number of anilines is 2. The summed E-state index contributed by atoms with van der Waals surface area (Å²) < 4.78 is 54.6. The molecule has 0 amide bonds. The van der Waals surface area contributed by atoms with Gasteiger partial charge in [0.2, 0.25) is 10.0 Å². The molecule has 2 aromatic carbocycles. The second kappa shape index (κ2) is 7.93. The van der Waals surface area contributed by atoms with E-state index in [1.165, 1.54) is 10.4 Å². The number of hydrogen-bond donors (Lipinski definition) is 1. The van der Waals surface area contributed by atoms with Gasteiger partial charge in [-0.05, 0) is 67.6 Å². The average molecular weight is 443 g/mol. The molecule has 0 spiro atoms. The Balaban J connectivity index is 1.93. The Hall–Kier alpha value is -1.77. The van der Waals surface area contributed by atoms with Gasteiger partial charge in [-0.1, -0.05) is 24.6 Å². The van der Waals surface area contributed by atoms with Gasteiger partial charge in [0.1, 0.15) is 0 Å². The maximum Gasteiger partial charge on any atom is 0.262 e. The van der Waals surface area contributed by atoms with Crippen LogP contribution in [-0.2, 0) is 26.5 Å². The van der Waals surface area contributed by atoms with E-state index in [-0.39, 0.29) is 10.6 Å². The van der Waals surface area contributed by atoms with Gasteiger partial charge in [0.25, 0.3) is 10.0 Å². The number of nitrogens with zero attached hydrogens (tertiary/aromatic N) is 1. The van der Waals surface area contributed by atoms with Crippen LogP contribution in [0.25, 0.3) is 0 Å². The Morgan fingerprint density at radius 1 is 1.11 bits per heavy atom. The Kier molecular flexibility index (Phi) is 5.93. The van der Waals surface area contributed by atoms with Crippen LogP contribution in [0, 0.1) is 6.92 Å². The third-order valence-corrected chi connectivity index (χ3v) is 8.38. The van der Waals surface area contributed by atoms with E-state index < -0.39 is 20.0 Å². The van der Waals surface area contributed by atoms with Crippen LogP contribution in [0.15, 0.2) is 41.3 Å². The number of aryl methyl sites for hydroxylation is 2. The summed E-state index contributed by atoms with van der Waals surface area (Å²) in [6, 6.07) is 9.68. The summed E-state index contributed by atoms with van der Waals surface area (Å²) in [6.07, 6.45) is 1.93. The van der Waals surface area contributed by atoms with Gasteiger partial charge in [0, 0.05) is 17.3 Å². The van der Waals surface area contributed by atoms with Crippen molar-refractivity contribution in [2.75, 3.05) is 21.3 Å². The zero-order chi connectivity index (χ0) is 20.5. The summed E-state index contributed by atoms with van der Waals surface area (Å²) in [5, 5.41) is 0.341. The van der Waals surface area contributed by atoms with Crippen LogP contribution in [0.4, 0.5) is 11.4 Å².